The maximum Gasteiger partial charge on any atom is 0.0832 e. The van der Waals surface area contributed by atoms with Crippen LogP contribution in [0.15, 0.2) is 24.4 Å². The Morgan fingerprint density at radius 1 is 1.19 bits per heavy atom. The van der Waals surface area contributed by atoms with Gasteiger partial charge in [0, 0.05) is 11.7 Å². The van der Waals surface area contributed by atoms with E-state index in [-0.39, 0.29) is 6.04 Å². The molecule has 4 nitrogen and oxygen atoms in total. The van der Waals surface area contributed by atoms with Gasteiger partial charge in [0.05, 0.1) is 23.3 Å². The summed E-state index contributed by atoms with van der Waals surface area (Å²) in [6, 6.07) is 6.67. The average Bonchev–Trinajstić information content (AvgIpc) is 2.96. The summed E-state index contributed by atoms with van der Waals surface area (Å²) < 4.78 is 2.01. The van der Waals surface area contributed by atoms with Crippen molar-refractivity contribution in [3.63, 3.8) is 0 Å². The summed E-state index contributed by atoms with van der Waals surface area (Å²) in [4.78, 5) is 4.60. The van der Waals surface area contributed by atoms with Crippen LogP contribution in [-0.4, -0.2) is 21.3 Å². The molecule has 2 rings (SSSR count). The number of hydrogen-bond acceptors (Lipinski definition) is 3. The molecule has 0 fully saturated rings. The monoisotopic (exact) mass is 286 g/mol. The summed E-state index contributed by atoms with van der Waals surface area (Å²) >= 11 is 0. The van der Waals surface area contributed by atoms with Gasteiger partial charge in [-0.3, -0.25) is 4.98 Å². The molecule has 0 aliphatic rings. The number of nitrogens with zero attached hydrogens (tertiary/aromatic N) is 3. The van der Waals surface area contributed by atoms with E-state index >= 15 is 0 Å². The lowest BCUT2D eigenvalue weighted by Gasteiger charge is -2.13. The molecule has 2 heterocycles. The fourth-order valence-electron chi connectivity index (χ4n) is 2.37. The Kier molecular flexibility index (Phi) is 5.51. The average molecular weight is 286 g/mol. The van der Waals surface area contributed by atoms with E-state index in [2.05, 4.69) is 61.3 Å². The van der Waals surface area contributed by atoms with Gasteiger partial charge in [0.15, 0.2) is 0 Å². The number of nitrogens with one attached hydrogen (secondary N) is 1. The van der Waals surface area contributed by atoms with Crippen LogP contribution in [0.4, 0.5) is 0 Å². The molecule has 0 saturated heterocycles. The minimum atomic E-state index is 0.286. The number of pyridine rings is 1. The Morgan fingerprint density at radius 3 is 2.57 bits per heavy atom. The fraction of sp³-hybridized carbons (Fsp3) is 0.529. The Bertz CT molecular complexity index is 557. The van der Waals surface area contributed by atoms with E-state index < -0.39 is 0 Å². The van der Waals surface area contributed by atoms with Crippen LogP contribution in [0.1, 0.15) is 57.2 Å². The Balaban J connectivity index is 2.20. The van der Waals surface area contributed by atoms with Gasteiger partial charge in [-0.2, -0.15) is 5.10 Å². The summed E-state index contributed by atoms with van der Waals surface area (Å²) in [7, 11) is 0. The lowest BCUT2D eigenvalue weighted by molar-refractivity contribution is 0.558. The van der Waals surface area contributed by atoms with Crippen molar-refractivity contribution in [3.05, 3.63) is 41.5 Å². The predicted octanol–water partition coefficient (Wildman–Crippen LogP) is 3.45. The van der Waals surface area contributed by atoms with Crippen LogP contribution in [0, 0.1) is 0 Å². The molecule has 0 aliphatic heterocycles. The van der Waals surface area contributed by atoms with Crippen molar-refractivity contribution in [2.45, 2.75) is 53.0 Å². The van der Waals surface area contributed by atoms with Crippen LogP contribution in [0.5, 0.6) is 0 Å². The molecule has 2 aromatic heterocycles. The van der Waals surface area contributed by atoms with Gasteiger partial charge in [0.1, 0.15) is 0 Å². The highest BCUT2D eigenvalue weighted by molar-refractivity contribution is 5.32. The molecule has 1 atom stereocenters. The minimum Gasteiger partial charge on any atom is -0.309 e. The highest BCUT2D eigenvalue weighted by atomic mass is 15.3. The van der Waals surface area contributed by atoms with E-state index in [4.69, 9.17) is 0 Å². The quantitative estimate of drug-likeness (QED) is 0.847. The molecular weight excluding hydrogens is 260 g/mol. The zero-order valence-corrected chi connectivity index (χ0v) is 13.6. The third-order valence-electron chi connectivity index (χ3n) is 3.72. The van der Waals surface area contributed by atoms with Crippen LogP contribution in [0.25, 0.3) is 5.69 Å². The van der Waals surface area contributed by atoms with E-state index in [0.29, 0.717) is 0 Å². The summed E-state index contributed by atoms with van der Waals surface area (Å²) in [6.45, 7) is 9.63. The van der Waals surface area contributed by atoms with Crippen molar-refractivity contribution >= 4 is 0 Å². The molecule has 114 valence electrons. The molecule has 0 bridgehead atoms. The van der Waals surface area contributed by atoms with Gasteiger partial charge in [-0.1, -0.05) is 20.8 Å². The van der Waals surface area contributed by atoms with Crippen molar-refractivity contribution in [3.8, 4) is 5.69 Å². The van der Waals surface area contributed by atoms with Crippen molar-refractivity contribution < 1.29 is 0 Å². The van der Waals surface area contributed by atoms with E-state index in [1.165, 1.54) is 5.69 Å². The fourth-order valence-corrected chi connectivity index (χ4v) is 2.37. The second kappa shape index (κ2) is 7.36. The predicted molar refractivity (Wildman–Crippen MR) is 86.8 cm³/mol. The Labute approximate surface area is 127 Å². The Morgan fingerprint density at radius 2 is 2.00 bits per heavy atom. The maximum absolute atomic E-state index is 4.65. The summed E-state index contributed by atoms with van der Waals surface area (Å²) in [5, 5.41) is 8.11. The highest BCUT2D eigenvalue weighted by Crippen LogP contribution is 2.16. The lowest BCUT2D eigenvalue weighted by Crippen LogP contribution is -2.20. The van der Waals surface area contributed by atoms with Gasteiger partial charge in [-0.15, -0.1) is 0 Å². The zero-order chi connectivity index (χ0) is 15.2. The molecule has 0 saturated carbocycles. The first-order valence-corrected chi connectivity index (χ1v) is 7.97. The third-order valence-corrected chi connectivity index (χ3v) is 3.72. The summed E-state index contributed by atoms with van der Waals surface area (Å²) in [5.74, 6) is 0. The third kappa shape index (κ3) is 3.70. The number of aromatic nitrogens is 3. The molecule has 0 radical (unpaired) electrons. The standard InChI is InChI=1S/C17H26N4/c1-5-10-18-13(4)17-9-8-16(12-19-17)21-15(7-3)11-14(6-2)20-21/h8-9,11-13,18H,5-7,10H2,1-4H3. The van der Waals surface area contributed by atoms with Crippen molar-refractivity contribution in [1.82, 2.24) is 20.1 Å². The number of aryl methyl sites for hydroxylation is 2. The summed E-state index contributed by atoms with van der Waals surface area (Å²) in [5.41, 5.74) is 4.48. The second-order valence-corrected chi connectivity index (χ2v) is 5.36. The molecule has 1 N–H and O–H groups in total. The lowest BCUT2D eigenvalue weighted by atomic mass is 10.2. The SMILES string of the molecule is CCCNC(C)c1ccc(-n2nc(CC)cc2CC)cn1. The van der Waals surface area contributed by atoms with Crippen molar-refractivity contribution in [2.75, 3.05) is 6.54 Å². The molecule has 1 unspecified atom stereocenters. The molecule has 0 aromatic carbocycles. The number of hydrogen-bond donors (Lipinski definition) is 1. The van der Waals surface area contributed by atoms with E-state index in [1.807, 2.05) is 10.9 Å². The van der Waals surface area contributed by atoms with Crippen LogP contribution in [0.2, 0.25) is 0 Å². The first-order valence-electron chi connectivity index (χ1n) is 7.97. The summed E-state index contributed by atoms with van der Waals surface area (Å²) in [6.07, 6.45) is 4.99. The molecule has 21 heavy (non-hydrogen) atoms. The van der Waals surface area contributed by atoms with E-state index in [9.17, 15) is 0 Å². The van der Waals surface area contributed by atoms with Gasteiger partial charge in [0.2, 0.25) is 0 Å². The van der Waals surface area contributed by atoms with Crippen LogP contribution < -0.4 is 5.32 Å². The second-order valence-electron chi connectivity index (χ2n) is 5.36. The van der Waals surface area contributed by atoms with Crippen LogP contribution in [0.3, 0.4) is 0 Å². The van der Waals surface area contributed by atoms with Gasteiger partial charge in [-0.05, 0) is 50.9 Å². The first kappa shape index (κ1) is 15.7. The number of rotatable bonds is 7. The largest absolute Gasteiger partial charge is 0.309 e. The molecule has 0 amide bonds. The van der Waals surface area contributed by atoms with Gasteiger partial charge in [-0.25, -0.2) is 4.68 Å². The first-order chi connectivity index (χ1) is 10.2. The van der Waals surface area contributed by atoms with Crippen molar-refractivity contribution in [1.29, 1.82) is 0 Å². The van der Waals surface area contributed by atoms with Crippen LogP contribution in [-0.2, 0) is 12.8 Å². The smallest absolute Gasteiger partial charge is 0.0832 e. The van der Waals surface area contributed by atoms with Crippen molar-refractivity contribution in [2.24, 2.45) is 0 Å². The van der Waals surface area contributed by atoms with Gasteiger partial charge < -0.3 is 5.32 Å². The maximum atomic E-state index is 4.65. The van der Waals surface area contributed by atoms with E-state index in [1.54, 1.807) is 0 Å². The highest BCUT2D eigenvalue weighted by Gasteiger charge is 2.09. The Hall–Kier alpha value is -1.68. The zero-order valence-electron chi connectivity index (χ0n) is 13.6. The van der Waals surface area contributed by atoms with Crippen LogP contribution >= 0.6 is 0 Å². The molecular formula is C17H26N4. The molecule has 2 aromatic rings. The van der Waals surface area contributed by atoms with Gasteiger partial charge >= 0.3 is 0 Å². The molecule has 4 heteroatoms. The van der Waals surface area contributed by atoms with E-state index in [0.717, 1.165) is 42.9 Å². The minimum absolute atomic E-state index is 0.286. The normalized spacial score (nSPS) is 12.6. The molecule has 0 aliphatic carbocycles. The molecule has 0 spiro atoms. The topological polar surface area (TPSA) is 42.7 Å². The van der Waals surface area contributed by atoms with Gasteiger partial charge in [0.25, 0.3) is 0 Å².